The minimum atomic E-state index is -0.0260. The van der Waals surface area contributed by atoms with E-state index in [0.29, 0.717) is 6.42 Å². The SMILES string of the molecule is CNC(C)(C)CC=O. The van der Waals surface area contributed by atoms with Crippen LogP contribution in [-0.4, -0.2) is 18.9 Å². The zero-order valence-electron chi connectivity index (χ0n) is 5.69. The van der Waals surface area contributed by atoms with Gasteiger partial charge in [-0.25, -0.2) is 0 Å². The molecule has 0 saturated heterocycles. The van der Waals surface area contributed by atoms with Crippen molar-refractivity contribution in [1.82, 2.24) is 5.32 Å². The van der Waals surface area contributed by atoms with Crippen LogP contribution in [0.15, 0.2) is 0 Å². The summed E-state index contributed by atoms with van der Waals surface area (Å²) in [6.07, 6.45) is 1.50. The first kappa shape index (κ1) is 7.63. The van der Waals surface area contributed by atoms with Gasteiger partial charge in [0.15, 0.2) is 0 Å². The second-order valence-corrected chi connectivity index (χ2v) is 2.50. The third-order valence-corrected chi connectivity index (χ3v) is 1.27. The molecule has 0 unspecified atom stereocenters. The molecule has 0 radical (unpaired) electrons. The van der Waals surface area contributed by atoms with Crippen molar-refractivity contribution in [1.29, 1.82) is 0 Å². The van der Waals surface area contributed by atoms with Gasteiger partial charge in [0.1, 0.15) is 6.29 Å². The van der Waals surface area contributed by atoms with Crippen molar-refractivity contribution in [3.8, 4) is 0 Å². The summed E-state index contributed by atoms with van der Waals surface area (Å²) in [5, 5.41) is 3.01. The highest BCUT2D eigenvalue weighted by Crippen LogP contribution is 2.02. The molecule has 0 rings (SSSR count). The van der Waals surface area contributed by atoms with Gasteiger partial charge in [0.2, 0.25) is 0 Å². The molecule has 0 saturated carbocycles. The molecular weight excluding hydrogens is 102 g/mol. The predicted octanol–water partition coefficient (Wildman–Crippen LogP) is 0.573. The van der Waals surface area contributed by atoms with Crippen LogP contribution in [0.3, 0.4) is 0 Å². The minimum Gasteiger partial charge on any atom is -0.314 e. The van der Waals surface area contributed by atoms with Gasteiger partial charge in [-0.1, -0.05) is 0 Å². The molecule has 0 spiro atoms. The van der Waals surface area contributed by atoms with Gasteiger partial charge in [-0.15, -0.1) is 0 Å². The van der Waals surface area contributed by atoms with Crippen molar-refractivity contribution in [3.63, 3.8) is 0 Å². The lowest BCUT2D eigenvalue weighted by atomic mass is 10.0. The molecule has 0 aliphatic heterocycles. The Labute approximate surface area is 50.3 Å². The predicted molar refractivity (Wildman–Crippen MR) is 33.8 cm³/mol. The van der Waals surface area contributed by atoms with E-state index in [0.717, 1.165) is 6.29 Å². The van der Waals surface area contributed by atoms with Gasteiger partial charge in [-0.3, -0.25) is 0 Å². The lowest BCUT2D eigenvalue weighted by Crippen LogP contribution is -2.36. The third kappa shape index (κ3) is 2.75. The number of carbonyl (C=O) groups is 1. The second kappa shape index (κ2) is 2.82. The number of aldehydes is 1. The van der Waals surface area contributed by atoms with Gasteiger partial charge < -0.3 is 10.1 Å². The van der Waals surface area contributed by atoms with E-state index in [2.05, 4.69) is 5.32 Å². The normalized spacial score (nSPS) is 11.4. The largest absolute Gasteiger partial charge is 0.314 e. The molecular formula is C6H13NO. The van der Waals surface area contributed by atoms with E-state index in [1.54, 1.807) is 0 Å². The Morgan fingerprint density at radius 1 is 1.62 bits per heavy atom. The number of nitrogens with one attached hydrogen (secondary N) is 1. The van der Waals surface area contributed by atoms with Crippen LogP contribution < -0.4 is 5.32 Å². The summed E-state index contributed by atoms with van der Waals surface area (Å²) < 4.78 is 0. The topological polar surface area (TPSA) is 29.1 Å². The van der Waals surface area contributed by atoms with Crippen molar-refractivity contribution in [3.05, 3.63) is 0 Å². The van der Waals surface area contributed by atoms with E-state index in [-0.39, 0.29) is 5.54 Å². The zero-order valence-corrected chi connectivity index (χ0v) is 5.69. The van der Waals surface area contributed by atoms with E-state index < -0.39 is 0 Å². The highest BCUT2D eigenvalue weighted by Gasteiger charge is 2.11. The molecule has 0 aromatic heterocycles. The maximum absolute atomic E-state index is 9.94. The van der Waals surface area contributed by atoms with Crippen LogP contribution in [0.2, 0.25) is 0 Å². The Kier molecular flexibility index (Phi) is 2.69. The van der Waals surface area contributed by atoms with Crippen LogP contribution in [0.5, 0.6) is 0 Å². The molecule has 48 valence electrons. The molecule has 0 amide bonds. The molecule has 0 fully saturated rings. The fraction of sp³-hybridized carbons (Fsp3) is 0.833. The van der Waals surface area contributed by atoms with E-state index in [1.807, 2.05) is 20.9 Å². The van der Waals surface area contributed by atoms with Gasteiger partial charge >= 0.3 is 0 Å². The van der Waals surface area contributed by atoms with E-state index >= 15 is 0 Å². The highest BCUT2D eigenvalue weighted by atomic mass is 16.1. The van der Waals surface area contributed by atoms with Gasteiger partial charge in [-0.2, -0.15) is 0 Å². The first-order chi connectivity index (χ1) is 3.62. The molecule has 0 atom stereocenters. The van der Waals surface area contributed by atoms with Crippen molar-refractivity contribution in [2.45, 2.75) is 25.8 Å². The lowest BCUT2D eigenvalue weighted by molar-refractivity contribution is -0.108. The molecule has 1 N–H and O–H groups in total. The Balaban J connectivity index is 3.53. The summed E-state index contributed by atoms with van der Waals surface area (Å²) in [7, 11) is 1.85. The molecule has 0 aliphatic rings. The Morgan fingerprint density at radius 2 is 2.12 bits per heavy atom. The van der Waals surface area contributed by atoms with E-state index in [4.69, 9.17) is 0 Å². The molecule has 0 aromatic rings. The maximum atomic E-state index is 9.94. The van der Waals surface area contributed by atoms with Crippen LogP contribution in [0, 0.1) is 0 Å². The molecule has 0 heterocycles. The average molecular weight is 115 g/mol. The Hall–Kier alpha value is -0.370. The number of rotatable bonds is 3. The van der Waals surface area contributed by atoms with Gasteiger partial charge in [0.25, 0.3) is 0 Å². The van der Waals surface area contributed by atoms with Crippen molar-refractivity contribution in [2.75, 3.05) is 7.05 Å². The molecule has 2 heteroatoms. The van der Waals surface area contributed by atoms with Crippen LogP contribution in [0.4, 0.5) is 0 Å². The van der Waals surface area contributed by atoms with Crippen molar-refractivity contribution >= 4 is 6.29 Å². The fourth-order valence-corrected chi connectivity index (χ4v) is 0.310. The maximum Gasteiger partial charge on any atom is 0.121 e. The highest BCUT2D eigenvalue weighted by molar-refractivity contribution is 5.51. The first-order valence-electron chi connectivity index (χ1n) is 2.75. The summed E-state index contributed by atoms with van der Waals surface area (Å²) in [5.41, 5.74) is -0.0260. The number of hydrogen-bond donors (Lipinski definition) is 1. The molecule has 2 nitrogen and oxygen atoms in total. The van der Waals surface area contributed by atoms with Gasteiger partial charge in [-0.05, 0) is 20.9 Å². The summed E-state index contributed by atoms with van der Waals surface area (Å²) in [4.78, 5) is 9.94. The van der Waals surface area contributed by atoms with Crippen molar-refractivity contribution in [2.24, 2.45) is 0 Å². The third-order valence-electron chi connectivity index (χ3n) is 1.27. The van der Waals surface area contributed by atoms with Gasteiger partial charge in [0.05, 0.1) is 0 Å². The quantitative estimate of drug-likeness (QED) is 0.545. The zero-order chi connectivity index (χ0) is 6.62. The van der Waals surface area contributed by atoms with Crippen molar-refractivity contribution < 1.29 is 4.79 Å². The second-order valence-electron chi connectivity index (χ2n) is 2.50. The lowest BCUT2D eigenvalue weighted by Gasteiger charge is -2.19. The van der Waals surface area contributed by atoms with Crippen LogP contribution in [0.25, 0.3) is 0 Å². The fourth-order valence-electron chi connectivity index (χ4n) is 0.310. The van der Waals surface area contributed by atoms with Crippen LogP contribution in [0.1, 0.15) is 20.3 Å². The minimum absolute atomic E-state index is 0.0260. The standard InChI is InChI=1S/C6H13NO/c1-6(2,7-3)4-5-8/h5,7H,4H2,1-3H3. The average Bonchev–Trinajstić information content (AvgIpc) is 1.67. The molecule has 0 aliphatic carbocycles. The summed E-state index contributed by atoms with van der Waals surface area (Å²) in [6.45, 7) is 3.98. The molecule has 8 heavy (non-hydrogen) atoms. The summed E-state index contributed by atoms with van der Waals surface area (Å²) in [5.74, 6) is 0. The van der Waals surface area contributed by atoms with Gasteiger partial charge in [0, 0.05) is 12.0 Å². The molecule has 0 bridgehead atoms. The Morgan fingerprint density at radius 3 is 2.25 bits per heavy atom. The Bertz CT molecular complexity index is 78.6. The smallest absolute Gasteiger partial charge is 0.121 e. The first-order valence-corrected chi connectivity index (χ1v) is 2.75. The van der Waals surface area contributed by atoms with E-state index in [9.17, 15) is 4.79 Å². The van der Waals surface area contributed by atoms with Crippen LogP contribution >= 0.6 is 0 Å². The molecule has 0 aromatic carbocycles. The van der Waals surface area contributed by atoms with Crippen LogP contribution in [-0.2, 0) is 4.79 Å². The number of hydrogen-bond acceptors (Lipinski definition) is 2. The summed E-state index contributed by atoms with van der Waals surface area (Å²) in [6, 6.07) is 0. The summed E-state index contributed by atoms with van der Waals surface area (Å²) >= 11 is 0. The number of carbonyl (C=O) groups excluding carboxylic acids is 1. The van der Waals surface area contributed by atoms with E-state index in [1.165, 1.54) is 0 Å². The monoisotopic (exact) mass is 115 g/mol.